The summed E-state index contributed by atoms with van der Waals surface area (Å²) >= 11 is 6.30. The van der Waals surface area contributed by atoms with Gasteiger partial charge >= 0.3 is 5.72 Å². The standard InChI is InChI=1S/C17H20ClN3O3/c1-11-10-13(20-19-12-8-6-5-7-9-12)17(22,21(23)24)15(14(11)18)16(2,3)4/h5-10,13,22H,1-4H3. The molecular formula is C17H20ClN3O3. The van der Waals surface area contributed by atoms with Crippen molar-refractivity contribution in [2.75, 3.05) is 0 Å². The Morgan fingerprint density at radius 1 is 1.29 bits per heavy atom. The van der Waals surface area contributed by atoms with Crippen LogP contribution in [-0.2, 0) is 0 Å². The van der Waals surface area contributed by atoms with Gasteiger partial charge in [-0.2, -0.15) is 10.2 Å². The highest BCUT2D eigenvalue weighted by Crippen LogP contribution is 2.46. The molecule has 0 aromatic heterocycles. The fourth-order valence-electron chi connectivity index (χ4n) is 2.75. The molecule has 1 aliphatic carbocycles. The lowest BCUT2D eigenvalue weighted by atomic mass is 9.74. The quantitative estimate of drug-likeness (QED) is 0.374. The first kappa shape index (κ1) is 18.3. The van der Waals surface area contributed by atoms with E-state index in [1.165, 1.54) is 6.08 Å². The van der Waals surface area contributed by atoms with Crippen molar-refractivity contribution in [2.45, 2.75) is 39.5 Å². The highest BCUT2D eigenvalue weighted by molar-refractivity contribution is 6.32. The molecule has 0 spiro atoms. The third kappa shape index (κ3) is 3.25. The molecule has 1 aromatic rings. The average molecular weight is 350 g/mol. The molecule has 0 saturated heterocycles. The van der Waals surface area contributed by atoms with E-state index in [9.17, 15) is 15.2 Å². The molecule has 6 nitrogen and oxygen atoms in total. The van der Waals surface area contributed by atoms with Gasteiger partial charge in [0.25, 0.3) is 0 Å². The monoisotopic (exact) mass is 349 g/mol. The first-order valence-corrected chi connectivity index (χ1v) is 7.88. The number of halogens is 1. The number of hydrogen-bond donors (Lipinski definition) is 1. The number of benzene rings is 1. The number of hydrogen-bond acceptors (Lipinski definition) is 5. The first-order valence-electron chi connectivity index (χ1n) is 7.50. The normalized spacial score (nSPS) is 25.1. The fourth-order valence-corrected chi connectivity index (χ4v) is 3.24. The molecule has 1 aromatic carbocycles. The highest BCUT2D eigenvalue weighted by atomic mass is 35.5. The highest BCUT2D eigenvalue weighted by Gasteiger charge is 2.58. The Bertz CT molecular complexity index is 735. The molecule has 0 heterocycles. The Morgan fingerprint density at radius 3 is 2.38 bits per heavy atom. The molecule has 2 rings (SSSR count). The van der Waals surface area contributed by atoms with E-state index in [4.69, 9.17) is 11.6 Å². The number of nitro groups is 1. The Morgan fingerprint density at radius 2 is 1.88 bits per heavy atom. The van der Waals surface area contributed by atoms with Crippen LogP contribution >= 0.6 is 11.6 Å². The molecule has 128 valence electrons. The van der Waals surface area contributed by atoms with E-state index in [0.717, 1.165) is 0 Å². The molecule has 7 heteroatoms. The van der Waals surface area contributed by atoms with Crippen LogP contribution in [0.1, 0.15) is 27.7 Å². The lowest BCUT2D eigenvalue weighted by Gasteiger charge is -2.36. The number of azo groups is 1. The summed E-state index contributed by atoms with van der Waals surface area (Å²) in [6.45, 7) is 7.04. The molecule has 0 bridgehead atoms. The number of aliphatic hydroxyl groups is 1. The van der Waals surface area contributed by atoms with Crippen LogP contribution in [-0.4, -0.2) is 21.8 Å². The summed E-state index contributed by atoms with van der Waals surface area (Å²) in [6, 6.07) is 7.69. The van der Waals surface area contributed by atoms with Crippen molar-refractivity contribution < 1.29 is 10.0 Å². The van der Waals surface area contributed by atoms with Crippen LogP contribution in [0, 0.1) is 15.5 Å². The predicted octanol–water partition coefficient (Wildman–Crippen LogP) is 4.60. The minimum Gasteiger partial charge on any atom is -0.325 e. The molecule has 0 saturated carbocycles. The summed E-state index contributed by atoms with van der Waals surface area (Å²) in [5.41, 5.74) is -1.83. The fraction of sp³-hybridized carbons (Fsp3) is 0.412. The third-order valence-electron chi connectivity index (χ3n) is 3.84. The van der Waals surface area contributed by atoms with Gasteiger partial charge in [-0.1, -0.05) is 50.6 Å². The van der Waals surface area contributed by atoms with Gasteiger partial charge < -0.3 is 5.11 Å². The number of rotatable bonds is 3. The summed E-state index contributed by atoms with van der Waals surface area (Å²) in [4.78, 5) is 11.0. The minimum absolute atomic E-state index is 0.138. The van der Waals surface area contributed by atoms with E-state index >= 15 is 0 Å². The van der Waals surface area contributed by atoms with Gasteiger partial charge in [0, 0.05) is 0 Å². The van der Waals surface area contributed by atoms with Crippen LogP contribution in [0.3, 0.4) is 0 Å². The maximum atomic E-state index is 11.7. The molecule has 0 radical (unpaired) electrons. The molecule has 0 amide bonds. The molecule has 2 atom stereocenters. The van der Waals surface area contributed by atoms with Crippen LogP contribution in [0.15, 0.2) is 62.8 Å². The summed E-state index contributed by atoms with van der Waals surface area (Å²) in [6.07, 6.45) is 1.48. The van der Waals surface area contributed by atoms with E-state index in [2.05, 4.69) is 10.2 Å². The zero-order chi connectivity index (χ0) is 18.1. The average Bonchev–Trinajstić information content (AvgIpc) is 2.49. The zero-order valence-corrected chi connectivity index (χ0v) is 14.8. The predicted molar refractivity (Wildman–Crippen MR) is 92.8 cm³/mol. The topological polar surface area (TPSA) is 88.1 Å². The summed E-state index contributed by atoms with van der Waals surface area (Å²) in [7, 11) is 0. The van der Waals surface area contributed by atoms with Gasteiger partial charge in [-0.15, -0.1) is 0 Å². The minimum atomic E-state index is -2.44. The smallest absolute Gasteiger partial charge is 0.325 e. The van der Waals surface area contributed by atoms with Crippen LogP contribution in [0.2, 0.25) is 0 Å². The number of nitrogens with zero attached hydrogens (tertiary/aromatic N) is 3. The van der Waals surface area contributed by atoms with Crippen molar-refractivity contribution in [3.05, 3.63) is 62.7 Å². The molecule has 1 N–H and O–H groups in total. The van der Waals surface area contributed by atoms with Crippen LogP contribution in [0.4, 0.5) is 5.69 Å². The first-order chi connectivity index (χ1) is 11.1. The molecule has 24 heavy (non-hydrogen) atoms. The van der Waals surface area contributed by atoms with E-state index in [0.29, 0.717) is 11.3 Å². The molecule has 2 unspecified atom stereocenters. The Labute approximate surface area is 145 Å². The molecule has 1 aliphatic rings. The van der Waals surface area contributed by atoms with Gasteiger partial charge in [0.1, 0.15) is 0 Å². The van der Waals surface area contributed by atoms with Crippen LogP contribution < -0.4 is 0 Å². The van der Waals surface area contributed by atoms with Gasteiger partial charge in [0.05, 0.1) is 21.2 Å². The molecule has 0 fully saturated rings. The van der Waals surface area contributed by atoms with Gasteiger partial charge in [-0.05, 0) is 36.1 Å². The second kappa shape index (κ2) is 6.45. The Hall–Kier alpha value is -2.05. The van der Waals surface area contributed by atoms with E-state index in [-0.39, 0.29) is 10.6 Å². The van der Waals surface area contributed by atoms with Crippen LogP contribution in [0.5, 0.6) is 0 Å². The largest absolute Gasteiger partial charge is 0.375 e. The van der Waals surface area contributed by atoms with Gasteiger partial charge in [0.15, 0.2) is 6.04 Å². The Balaban J connectivity index is 2.56. The maximum absolute atomic E-state index is 11.7. The zero-order valence-electron chi connectivity index (χ0n) is 14.0. The number of allylic oxidation sites excluding steroid dienone is 2. The van der Waals surface area contributed by atoms with Crippen LogP contribution in [0.25, 0.3) is 0 Å². The molecule has 0 aliphatic heterocycles. The lowest BCUT2D eigenvalue weighted by Crippen LogP contribution is -2.54. The van der Waals surface area contributed by atoms with E-state index in [1.807, 2.05) is 6.07 Å². The molecular weight excluding hydrogens is 330 g/mol. The van der Waals surface area contributed by atoms with Crippen molar-refractivity contribution >= 4 is 17.3 Å². The van der Waals surface area contributed by atoms with Crippen molar-refractivity contribution in [2.24, 2.45) is 15.6 Å². The summed E-state index contributed by atoms with van der Waals surface area (Å²) in [5.74, 6) is 0. The summed E-state index contributed by atoms with van der Waals surface area (Å²) < 4.78 is 0. The van der Waals surface area contributed by atoms with Crippen molar-refractivity contribution in [1.82, 2.24) is 0 Å². The van der Waals surface area contributed by atoms with Crippen molar-refractivity contribution in [3.63, 3.8) is 0 Å². The Kier molecular flexibility index (Phi) is 4.92. The maximum Gasteiger partial charge on any atom is 0.375 e. The summed E-state index contributed by atoms with van der Waals surface area (Å²) in [5, 5.41) is 30.9. The van der Waals surface area contributed by atoms with Gasteiger partial charge in [0.2, 0.25) is 0 Å². The van der Waals surface area contributed by atoms with E-state index < -0.39 is 22.1 Å². The lowest BCUT2D eigenvalue weighted by molar-refractivity contribution is -0.615. The second-order valence-corrected chi connectivity index (χ2v) is 7.15. The van der Waals surface area contributed by atoms with Crippen molar-refractivity contribution in [1.29, 1.82) is 0 Å². The van der Waals surface area contributed by atoms with Crippen molar-refractivity contribution in [3.8, 4) is 0 Å². The van der Waals surface area contributed by atoms with E-state index in [1.54, 1.807) is 52.0 Å². The SMILES string of the molecule is CC1=CC(N=Nc2ccccc2)C(O)([N+](=O)[O-])C(C(C)(C)C)=C1Cl. The van der Waals surface area contributed by atoms with Gasteiger partial charge in [-0.3, -0.25) is 10.1 Å². The second-order valence-electron chi connectivity index (χ2n) is 6.77. The third-order valence-corrected chi connectivity index (χ3v) is 4.32. The van der Waals surface area contributed by atoms with Gasteiger partial charge in [-0.25, -0.2) is 0 Å².